The van der Waals surface area contributed by atoms with Crippen LogP contribution in [0, 0.1) is 46.3 Å². The molecule has 0 unspecified atom stereocenters. The van der Waals surface area contributed by atoms with Crippen LogP contribution in [0.3, 0.4) is 0 Å². The van der Waals surface area contributed by atoms with Gasteiger partial charge >= 0.3 is 0 Å². The minimum Gasteiger partial charge on any atom is -0.198 e. The van der Waals surface area contributed by atoms with Crippen molar-refractivity contribution in [2.75, 3.05) is 0 Å². The van der Waals surface area contributed by atoms with Crippen LogP contribution in [0.5, 0.6) is 0 Å². The van der Waals surface area contributed by atoms with E-state index in [1.165, 1.54) is 109 Å². The molecule has 27 heavy (non-hydrogen) atoms. The molecule has 0 bridgehead atoms. The molecule has 0 saturated heterocycles. The second-order valence-electron chi connectivity index (χ2n) is 10.5. The first-order valence-electron chi connectivity index (χ1n) is 12.6. The first-order chi connectivity index (χ1) is 13.2. The van der Waals surface area contributed by atoms with Gasteiger partial charge in [0.05, 0.1) is 11.5 Å². The lowest BCUT2D eigenvalue weighted by Crippen LogP contribution is -2.37. The highest BCUT2D eigenvalue weighted by molar-refractivity contribution is 5.06. The normalized spacial score (nSPS) is 40.4. The van der Waals surface area contributed by atoms with E-state index in [4.69, 9.17) is 0 Å². The summed E-state index contributed by atoms with van der Waals surface area (Å²) in [6.07, 6.45) is 23.6. The maximum atomic E-state index is 10.1. The SMILES string of the molecule is CCCCCC1CCC([C@H]2CC[C@](C#N)(C3CCC(CC)CC3)CC2)CC1. The molecule has 0 N–H and O–H groups in total. The third kappa shape index (κ3) is 5.31. The van der Waals surface area contributed by atoms with Gasteiger partial charge in [-0.2, -0.15) is 5.26 Å². The van der Waals surface area contributed by atoms with Crippen LogP contribution in [0.1, 0.15) is 123 Å². The maximum absolute atomic E-state index is 10.1. The zero-order chi connectivity index (χ0) is 19.1. The summed E-state index contributed by atoms with van der Waals surface area (Å²) in [5.41, 5.74) is 0.0482. The Morgan fingerprint density at radius 1 is 0.741 bits per heavy atom. The molecule has 0 spiro atoms. The van der Waals surface area contributed by atoms with Crippen LogP contribution in [0.2, 0.25) is 0 Å². The molecule has 0 aromatic carbocycles. The molecular weight excluding hydrogens is 326 g/mol. The predicted octanol–water partition coefficient (Wildman–Crippen LogP) is 8.29. The fourth-order valence-electron chi connectivity index (χ4n) is 6.99. The Morgan fingerprint density at radius 3 is 1.89 bits per heavy atom. The molecule has 0 amide bonds. The van der Waals surface area contributed by atoms with Gasteiger partial charge in [0.25, 0.3) is 0 Å². The average molecular weight is 372 g/mol. The molecule has 0 aliphatic heterocycles. The monoisotopic (exact) mass is 371 g/mol. The van der Waals surface area contributed by atoms with Crippen molar-refractivity contribution in [1.82, 2.24) is 0 Å². The van der Waals surface area contributed by atoms with E-state index >= 15 is 0 Å². The average Bonchev–Trinajstić information content (AvgIpc) is 2.75. The summed E-state index contributed by atoms with van der Waals surface area (Å²) in [6.45, 7) is 4.66. The zero-order valence-corrected chi connectivity index (χ0v) is 18.4. The van der Waals surface area contributed by atoms with E-state index in [1.807, 2.05) is 0 Å². The van der Waals surface area contributed by atoms with Gasteiger partial charge in [0.1, 0.15) is 0 Å². The van der Waals surface area contributed by atoms with Crippen LogP contribution in [0.25, 0.3) is 0 Å². The molecule has 3 fully saturated rings. The largest absolute Gasteiger partial charge is 0.198 e. The van der Waals surface area contributed by atoms with Gasteiger partial charge in [0.2, 0.25) is 0 Å². The molecule has 0 radical (unpaired) electrons. The molecule has 3 rings (SSSR count). The Balaban J connectivity index is 1.44. The van der Waals surface area contributed by atoms with E-state index in [0.717, 1.165) is 23.7 Å². The van der Waals surface area contributed by atoms with E-state index in [1.54, 1.807) is 0 Å². The number of unbranched alkanes of at least 4 members (excludes halogenated alkanes) is 2. The Hall–Kier alpha value is -0.510. The molecule has 3 aliphatic carbocycles. The van der Waals surface area contributed by atoms with Gasteiger partial charge in [-0.05, 0) is 81.0 Å². The fraction of sp³-hybridized carbons (Fsp3) is 0.962. The standard InChI is InChI=1S/C26H45N/c1-3-5-6-7-22-8-12-23(13-9-22)24-16-18-26(20-27,19-17-24)25-14-10-21(4-2)11-15-25/h21-25H,3-19H2,1-2H3/t21?,22?,23?,24-,25?,26-. The summed E-state index contributed by atoms with van der Waals surface area (Å²) in [4.78, 5) is 0. The number of hydrogen-bond donors (Lipinski definition) is 0. The lowest BCUT2D eigenvalue weighted by molar-refractivity contribution is 0.0608. The first kappa shape index (κ1) is 21.2. The third-order valence-corrected chi connectivity index (χ3v) is 9.12. The van der Waals surface area contributed by atoms with Gasteiger partial charge < -0.3 is 0 Å². The Morgan fingerprint density at radius 2 is 1.33 bits per heavy atom. The highest BCUT2D eigenvalue weighted by Gasteiger charge is 2.44. The molecule has 0 aromatic rings. The van der Waals surface area contributed by atoms with E-state index in [9.17, 15) is 5.26 Å². The Labute approximate surface area is 169 Å². The summed E-state index contributed by atoms with van der Waals surface area (Å²) < 4.78 is 0. The molecular formula is C26H45N. The smallest absolute Gasteiger partial charge is 0.0692 e. The van der Waals surface area contributed by atoms with Gasteiger partial charge in [-0.25, -0.2) is 0 Å². The van der Waals surface area contributed by atoms with E-state index in [2.05, 4.69) is 19.9 Å². The van der Waals surface area contributed by atoms with Crippen LogP contribution in [-0.2, 0) is 0 Å². The molecule has 154 valence electrons. The highest BCUT2D eigenvalue weighted by atomic mass is 14.5. The minimum atomic E-state index is 0.0482. The minimum absolute atomic E-state index is 0.0482. The summed E-state index contributed by atoms with van der Waals surface area (Å²) in [5, 5.41) is 10.1. The second kappa shape index (κ2) is 10.3. The molecule has 3 saturated carbocycles. The van der Waals surface area contributed by atoms with Crippen molar-refractivity contribution in [1.29, 1.82) is 5.26 Å². The Bertz CT molecular complexity index is 451. The zero-order valence-electron chi connectivity index (χ0n) is 18.4. The topological polar surface area (TPSA) is 23.8 Å². The van der Waals surface area contributed by atoms with Gasteiger partial charge in [-0.15, -0.1) is 0 Å². The van der Waals surface area contributed by atoms with E-state index in [0.29, 0.717) is 5.92 Å². The summed E-state index contributed by atoms with van der Waals surface area (Å²) in [7, 11) is 0. The van der Waals surface area contributed by atoms with Crippen LogP contribution in [0.15, 0.2) is 0 Å². The summed E-state index contributed by atoms with van der Waals surface area (Å²) >= 11 is 0. The van der Waals surface area contributed by atoms with Crippen molar-refractivity contribution in [3.63, 3.8) is 0 Å². The highest BCUT2D eigenvalue weighted by Crippen LogP contribution is 2.52. The van der Waals surface area contributed by atoms with Gasteiger partial charge in [0, 0.05) is 0 Å². The van der Waals surface area contributed by atoms with Crippen LogP contribution >= 0.6 is 0 Å². The Kier molecular flexibility index (Phi) is 8.10. The molecule has 1 nitrogen and oxygen atoms in total. The van der Waals surface area contributed by atoms with Crippen molar-refractivity contribution in [2.24, 2.45) is 35.0 Å². The second-order valence-corrected chi connectivity index (χ2v) is 10.5. The fourth-order valence-corrected chi connectivity index (χ4v) is 6.99. The number of nitriles is 1. The molecule has 1 heteroatoms. The van der Waals surface area contributed by atoms with Crippen molar-refractivity contribution in [2.45, 2.75) is 123 Å². The van der Waals surface area contributed by atoms with Crippen LogP contribution in [-0.4, -0.2) is 0 Å². The quantitative estimate of drug-likeness (QED) is 0.413. The van der Waals surface area contributed by atoms with Crippen LogP contribution in [0.4, 0.5) is 0 Å². The van der Waals surface area contributed by atoms with Crippen molar-refractivity contribution in [3.8, 4) is 6.07 Å². The van der Waals surface area contributed by atoms with Crippen molar-refractivity contribution >= 4 is 0 Å². The molecule has 0 heterocycles. The molecule has 3 aliphatic rings. The lowest BCUT2D eigenvalue weighted by Gasteiger charge is -2.45. The van der Waals surface area contributed by atoms with Crippen molar-refractivity contribution in [3.05, 3.63) is 0 Å². The predicted molar refractivity (Wildman–Crippen MR) is 115 cm³/mol. The number of hydrogen-bond acceptors (Lipinski definition) is 1. The lowest BCUT2D eigenvalue weighted by atomic mass is 9.58. The van der Waals surface area contributed by atoms with Gasteiger partial charge in [0.15, 0.2) is 0 Å². The first-order valence-corrected chi connectivity index (χ1v) is 12.6. The number of nitrogens with zero attached hydrogens (tertiary/aromatic N) is 1. The third-order valence-electron chi connectivity index (χ3n) is 9.12. The maximum Gasteiger partial charge on any atom is 0.0692 e. The van der Waals surface area contributed by atoms with Gasteiger partial charge in [-0.3, -0.25) is 0 Å². The van der Waals surface area contributed by atoms with E-state index in [-0.39, 0.29) is 5.41 Å². The van der Waals surface area contributed by atoms with Gasteiger partial charge in [-0.1, -0.05) is 71.6 Å². The summed E-state index contributed by atoms with van der Waals surface area (Å²) in [5.74, 6) is 4.61. The van der Waals surface area contributed by atoms with Crippen LogP contribution < -0.4 is 0 Å². The van der Waals surface area contributed by atoms with Crippen molar-refractivity contribution < 1.29 is 0 Å². The number of rotatable bonds is 7. The van der Waals surface area contributed by atoms with E-state index < -0.39 is 0 Å². The molecule has 0 aromatic heterocycles. The molecule has 0 atom stereocenters. The summed E-state index contributed by atoms with van der Waals surface area (Å²) in [6, 6.07) is 2.88.